The highest BCUT2D eigenvalue weighted by atomic mass is 79.9. The van der Waals surface area contributed by atoms with Crippen molar-refractivity contribution in [2.75, 3.05) is 19.0 Å². The number of hydrogen-bond acceptors (Lipinski definition) is 4. The molecule has 0 aliphatic rings. The molecule has 0 bridgehead atoms. The zero-order valence-corrected chi connectivity index (χ0v) is 13.4. The molecule has 0 fully saturated rings. The van der Waals surface area contributed by atoms with Crippen molar-refractivity contribution in [1.82, 2.24) is 0 Å². The van der Waals surface area contributed by atoms with E-state index in [1.54, 1.807) is 23.9 Å². The molecular weight excluding hydrogens is 340 g/mol. The van der Waals surface area contributed by atoms with Gasteiger partial charge in [0.15, 0.2) is 0 Å². The summed E-state index contributed by atoms with van der Waals surface area (Å²) in [6.45, 7) is 0. The number of non-ortho nitro benzene ring substituents is 1. The lowest BCUT2D eigenvalue weighted by molar-refractivity contribution is -0.384. The maximum atomic E-state index is 10.6. The monoisotopic (exact) mass is 352 g/mol. The van der Waals surface area contributed by atoms with Gasteiger partial charge < -0.3 is 4.90 Å². The van der Waals surface area contributed by atoms with Crippen molar-refractivity contribution < 1.29 is 4.92 Å². The number of rotatable bonds is 4. The van der Waals surface area contributed by atoms with Gasteiger partial charge in [0, 0.05) is 46.2 Å². The van der Waals surface area contributed by atoms with Crippen molar-refractivity contribution in [3.05, 3.63) is 57.1 Å². The molecule has 0 radical (unpaired) electrons. The number of nitrogens with zero attached hydrogens (tertiary/aromatic N) is 2. The van der Waals surface area contributed by atoms with Crippen molar-refractivity contribution >= 4 is 39.1 Å². The first kappa shape index (κ1) is 14.9. The fourth-order valence-corrected chi connectivity index (χ4v) is 3.18. The fraction of sp³-hybridized carbons (Fsp3) is 0.143. The van der Waals surface area contributed by atoms with Crippen LogP contribution in [0.3, 0.4) is 0 Å². The van der Waals surface area contributed by atoms with E-state index >= 15 is 0 Å². The number of benzene rings is 2. The Morgan fingerprint density at radius 1 is 1.10 bits per heavy atom. The summed E-state index contributed by atoms with van der Waals surface area (Å²) in [4.78, 5) is 14.3. The van der Waals surface area contributed by atoms with Crippen LogP contribution in [0.15, 0.2) is 56.7 Å². The minimum Gasteiger partial charge on any atom is -0.378 e. The molecule has 2 rings (SSSR count). The smallest absolute Gasteiger partial charge is 0.269 e. The standard InChI is InChI=1S/C14H13BrN2O2S/c1-16(2)12-7-10(15)8-14(9-12)20-13-5-3-11(4-6-13)17(18)19/h3-9H,1-2H3. The van der Waals surface area contributed by atoms with E-state index in [2.05, 4.69) is 22.0 Å². The zero-order chi connectivity index (χ0) is 14.7. The average molecular weight is 353 g/mol. The largest absolute Gasteiger partial charge is 0.378 e. The molecule has 0 atom stereocenters. The predicted octanol–water partition coefficient (Wildman–Crippen LogP) is 4.57. The Morgan fingerprint density at radius 2 is 1.75 bits per heavy atom. The van der Waals surface area contributed by atoms with Gasteiger partial charge in [0.1, 0.15) is 0 Å². The van der Waals surface area contributed by atoms with E-state index in [4.69, 9.17) is 0 Å². The van der Waals surface area contributed by atoms with Crippen LogP contribution in [-0.2, 0) is 0 Å². The van der Waals surface area contributed by atoms with Gasteiger partial charge in [-0.3, -0.25) is 10.1 Å². The second-order valence-corrected chi connectivity index (χ2v) is 6.46. The molecular formula is C14H13BrN2O2S. The molecule has 0 heterocycles. The number of halogens is 1. The van der Waals surface area contributed by atoms with Gasteiger partial charge in [0.2, 0.25) is 0 Å². The molecule has 20 heavy (non-hydrogen) atoms. The van der Waals surface area contributed by atoms with E-state index in [0.29, 0.717) is 0 Å². The molecule has 0 aromatic heterocycles. The van der Waals surface area contributed by atoms with Crippen molar-refractivity contribution in [3.8, 4) is 0 Å². The van der Waals surface area contributed by atoms with Crippen molar-refractivity contribution in [1.29, 1.82) is 0 Å². The first-order chi connectivity index (χ1) is 9.45. The number of nitro groups is 1. The summed E-state index contributed by atoms with van der Waals surface area (Å²) < 4.78 is 1.01. The predicted molar refractivity (Wildman–Crippen MR) is 85.7 cm³/mol. The second-order valence-electron chi connectivity index (χ2n) is 4.39. The average Bonchev–Trinajstić information content (AvgIpc) is 2.38. The Kier molecular flexibility index (Phi) is 4.67. The summed E-state index contributed by atoms with van der Waals surface area (Å²) in [6.07, 6.45) is 0. The highest BCUT2D eigenvalue weighted by Gasteiger charge is 2.06. The topological polar surface area (TPSA) is 46.4 Å². The van der Waals surface area contributed by atoms with Gasteiger partial charge in [0.25, 0.3) is 5.69 Å². The highest BCUT2D eigenvalue weighted by molar-refractivity contribution is 9.10. The first-order valence-corrected chi connectivity index (χ1v) is 7.47. The maximum absolute atomic E-state index is 10.6. The van der Waals surface area contributed by atoms with Crippen LogP contribution >= 0.6 is 27.7 Å². The zero-order valence-electron chi connectivity index (χ0n) is 11.0. The molecule has 0 amide bonds. The molecule has 104 valence electrons. The van der Waals surface area contributed by atoms with Gasteiger partial charge in [-0.2, -0.15) is 0 Å². The first-order valence-electron chi connectivity index (χ1n) is 5.86. The van der Waals surface area contributed by atoms with Crippen molar-refractivity contribution in [3.63, 3.8) is 0 Å². The van der Waals surface area contributed by atoms with Crippen LogP contribution in [0.4, 0.5) is 11.4 Å². The maximum Gasteiger partial charge on any atom is 0.269 e. The second kappa shape index (κ2) is 6.28. The molecule has 0 aliphatic heterocycles. The Balaban J connectivity index is 2.23. The molecule has 0 saturated heterocycles. The molecule has 4 nitrogen and oxygen atoms in total. The molecule has 0 saturated carbocycles. The van der Waals surface area contributed by atoms with Gasteiger partial charge in [-0.05, 0) is 30.3 Å². The van der Waals surface area contributed by atoms with Gasteiger partial charge in [0.05, 0.1) is 4.92 Å². The van der Waals surface area contributed by atoms with Crippen LogP contribution in [-0.4, -0.2) is 19.0 Å². The highest BCUT2D eigenvalue weighted by Crippen LogP contribution is 2.33. The van der Waals surface area contributed by atoms with Crippen LogP contribution in [0.5, 0.6) is 0 Å². The van der Waals surface area contributed by atoms with Crippen molar-refractivity contribution in [2.24, 2.45) is 0 Å². The fourth-order valence-electron chi connectivity index (χ4n) is 1.64. The normalized spacial score (nSPS) is 10.3. The van der Waals surface area contributed by atoms with E-state index in [1.165, 1.54) is 12.1 Å². The van der Waals surface area contributed by atoms with Gasteiger partial charge in [-0.25, -0.2) is 0 Å². The van der Waals surface area contributed by atoms with Crippen LogP contribution < -0.4 is 4.90 Å². The van der Waals surface area contributed by atoms with Crippen LogP contribution in [0.1, 0.15) is 0 Å². The lowest BCUT2D eigenvalue weighted by Gasteiger charge is -2.14. The minimum atomic E-state index is -0.391. The number of nitro benzene ring substituents is 1. The van der Waals surface area contributed by atoms with E-state index in [-0.39, 0.29) is 5.69 Å². The van der Waals surface area contributed by atoms with Gasteiger partial charge in [-0.15, -0.1) is 0 Å². The summed E-state index contributed by atoms with van der Waals surface area (Å²) in [5.74, 6) is 0. The summed E-state index contributed by atoms with van der Waals surface area (Å²) in [5, 5.41) is 10.6. The molecule has 0 spiro atoms. The summed E-state index contributed by atoms with van der Waals surface area (Å²) in [6, 6.07) is 12.7. The molecule has 0 aliphatic carbocycles. The third-order valence-electron chi connectivity index (χ3n) is 2.66. The number of anilines is 1. The molecule has 2 aromatic carbocycles. The van der Waals surface area contributed by atoms with Gasteiger partial charge in [-0.1, -0.05) is 27.7 Å². The summed E-state index contributed by atoms with van der Waals surface area (Å²) in [7, 11) is 3.98. The number of hydrogen-bond donors (Lipinski definition) is 0. The molecule has 0 N–H and O–H groups in total. The van der Waals surface area contributed by atoms with Gasteiger partial charge >= 0.3 is 0 Å². The minimum absolute atomic E-state index is 0.109. The Bertz CT molecular complexity index is 630. The summed E-state index contributed by atoms with van der Waals surface area (Å²) >= 11 is 5.07. The quantitative estimate of drug-likeness (QED) is 0.597. The van der Waals surface area contributed by atoms with E-state index in [9.17, 15) is 10.1 Å². The molecule has 6 heteroatoms. The lowest BCUT2D eigenvalue weighted by atomic mass is 10.3. The molecule has 0 unspecified atom stereocenters. The van der Waals surface area contributed by atoms with E-state index in [0.717, 1.165) is 20.0 Å². The lowest BCUT2D eigenvalue weighted by Crippen LogP contribution is -2.08. The Hall–Kier alpha value is -1.53. The third-order valence-corrected chi connectivity index (χ3v) is 4.09. The molecule has 2 aromatic rings. The third kappa shape index (κ3) is 3.74. The Labute approximate surface area is 130 Å². The summed E-state index contributed by atoms with van der Waals surface area (Å²) in [5.41, 5.74) is 1.21. The van der Waals surface area contributed by atoms with E-state index in [1.807, 2.05) is 31.1 Å². The van der Waals surface area contributed by atoms with Crippen molar-refractivity contribution in [2.45, 2.75) is 9.79 Å². The van der Waals surface area contributed by atoms with Crippen LogP contribution in [0.2, 0.25) is 0 Å². The Morgan fingerprint density at radius 3 is 2.30 bits per heavy atom. The van der Waals surface area contributed by atoms with Crippen LogP contribution in [0, 0.1) is 10.1 Å². The SMILES string of the molecule is CN(C)c1cc(Br)cc(Sc2ccc([N+](=O)[O-])cc2)c1. The van der Waals surface area contributed by atoms with Crippen LogP contribution in [0.25, 0.3) is 0 Å². The van der Waals surface area contributed by atoms with E-state index < -0.39 is 4.92 Å².